The van der Waals surface area contributed by atoms with Gasteiger partial charge >= 0.3 is 0 Å². The Balaban J connectivity index is 1.85. The van der Waals surface area contributed by atoms with Crippen molar-refractivity contribution in [3.63, 3.8) is 0 Å². The van der Waals surface area contributed by atoms with Crippen LogP contribution in [-0.4, -0.2) is 11.7 Å². The molecule has 2 rings (SSSR count). The van der Waals surface area contributed by atoms with Crippen molar-refractivity contribution in [3.05, 3.63) is 47.3 Å². The maximum Gasteiger partial charge on any atom is 0.147 e. The van der Waals surface area contributed by atoms with Crippen molar-refractivity contribution in [1.29, 1.82) is 0 Å². The Kier molecular flexibility index (Phi) is 4.83. The first kappa shape index (κ1) is 14.6. The summed E-state index contributed by atoms with van der Waals surface area (Å²) >= 11 is 0. The molecule has 0 aliphatic heterocycles. The third kappa shape index (κ3) is 3.86. The van der Waals surface area contributed by atoms with E-state index in [2.05, 4.69) is 55.5 Å². The average molecular weight is 272 g/mol. The molecule has 1 aromatic heterocycles. The van der Waals surface area contributed by atoms with Crippen LogP contribution in [0, 0.1) is 12.8 Å². The molecule has 1 aromatic carbocycles. The highest BCUT2D eigenvalue weighted by molar-refractivity contribution is 5.43. The Morgan fingerprint density at radius 3 is 2.40 bits per heavy atom. The third-order valence-corrected chi connectivity index (χ3v) is 3.62. The van der Waals surface area contributed by atoms with Gasteiger partial charge in [0, 0.05) is 6.54 Å². The summed E-state index contributed by atoms with van der Waals surface area (Å²) in [5.41, 5.74) is 4.70. The van der Waals surface area contributed by atoms with Crippen molar-refractivity contribution >= 4 is 5.69 Å². The van der Waals surface area contributed by atoms with Gasteiger partial charge in [0.1, 0.15) is 12.0 Å². The van der Waals surface area contributed by atoms with Gasteiger partial charge in [0.2, 0.25) is 0 Å². The standard InChI is InChI=1S/C17H24N2O/c1-12(2)16-7-5-15(6-8-16)9-13(3)10-18-17-11-20-19-14(17)4/h5-8,11-13,18H,9-10H2,1-4H3. The molecule has 1 heterocycles. The minimum atomic E-state index is 0.564. The van der Waals surface area contributed by atoms with Gasteiger partial charge in [0.15, 0.2) is 0 Å². The van der Waals surface area contributed by atoms with Crippen LogP contribution in [0.5, 0.6) is 0 Å². The van der Waals surface area contributed by atoms with E-state index >= 15 is 0 Å². The number of aromatic nitrogens is 1. The summed E-state index contributed by atoms with van der Waals surface area (Å²) < 4.78 is 4.92. The number of nitrogens with zero attached hydrogens (tertiary/aromatic N) is 1. The van der Waals surface area contributed by atoms with Crippen molar-refractivity contribution in [2.45, 2.75) is 40.0 Å². The molecule has 0 radical (unpaired) electrons. The van der Waals surface area contributed by atoms with Gasteiger partial charge in [0.05, 0.1) is 5.69 Å². The number of benzene rings is 1. The lowest BCUT2D eigenvalue weighted by Crippen LogP contribution is -2.13. The zero-order valence-electron chi connectivity index (χ0n) is 12.8. The number of anilines is 1. The predicted molar refractivity (Wildman–Crippen MR) is 83.1 cm³/mol. The van der Waals surface area contributed by atoms with E-state index in [9.17, 15) is 0 Å². The maximum atomic E-state index is 4.92. The van der Waals surface area contributed by atoms with Crippen molar-refractivity contribution in [2.24, 2.45) is 5.92 Å². The summed E-state index contributed by atoms with van der Waals surface area (Å²) in [4.78, 5) is 0. The second-order valence-corrected chi connectivity index (χ2v) is 5.90. The second kappa shape index (κ2) is 6.60. The molecule has 0 spiro atoms. The smallest absolute Gasteiger partial charge is 0.147 e. The summed E-state index contributed by atoms with van der Waals surface area (Å²) in [5.74, 6) is 1.16. The fraction of sp³-hybridized carbons (Fsp3) is 0.471. The summed E-state index contributed by atoms with van der Waals surface area (Å²) in [6.07, 6.45) is 2.75. The molecule has 108 valence electrons. The predicted octanol–water partition coefficient (Wildman–Crippen LogP) is 4.40. The number of hydrogen-bond acceptors (Lipinski definition) is 3. The lowest BCUT2D eigenvalue weighted by Gasteiger charge is -2.13. The first-order chi connectivity index (χ1) is 9.56. The summed E-state index contributed by atoms with van der Waals surface area (Å²) in [6, 6.07) is 8.97. The molecule has 0 saturated carbocycles. The maximum absolute atomic E-state index is 4.92. The SMILES string of the molecule is Cc1nocc1NCC(C)Cc1ccc(C(C)C)cc1. The van der Waals surface area contributed by atoms with Crippen LogP contribution in [0.3, 0.4) is 0 Å². The molecule has 0 aliphatic rings. The first-order valence-corrected chi connectivity index (χ1v) is 7.30. The minimum absolute atomic E-state index is 0.564. The number of nitrogens with one attached hydrogen (secondary N) is 1. The minimum Gasteiger partial charge on any atom is -0.381 e. The highest BCUT2D eigenvalue weighted by Gasteiger charge is 2.07. The fourth-order valence-corrected chi connectivity index (χ4v) is 2.26. The molecule has 20 heavy (non-hydrogen) atoms. The lowest BCUT2D eigenvalue weighted by atomic mass is 9.97. The topological polar surface area (TPSA) is 38.1 Å². The first-order valence-electron chi connectivity index (χ1n) is 7.30. The van der Waals surface area contributed by atoms with Gasteiger partial charge in [-0.25, -0.2) is 0 Å². The van der Waals surface area contributed by atoms with Crippen molar-refractivity contribution in [2.75, 3.05) is 11.9 Å². The van der Waals surface area contributed by atoms with Crippen LogP contribution in [0.25, 0.3) is 0 Å². The van der Waals surface area contributed by atoms with E-state index in [1.807, 2.05) is 6.92 Å². The largest absolute Gasteiger partial charge is 0.381 e. The quantitative estimate of drug-likeness (QED) is 0.847. The Labute approximate surface area is 121 Å². The molecule has 1 N–H and O–H groups in total. The Bertz CT molecular complexity index is 528. The lowest BCUT2D eigenvalue weighted by molar-refractivity contribution is 0.415. The van der Waals surface area contributed by atoms with E-state index in [1.54, 1.807) is 6.26 Å². The molecule has 3 nitrogen and oxygen atoms in total. The van der Waals surface area contributed by atoms with Crippen LogP contribution in [0.15, 0.2) is 35.1 Å². The Morgan fingerprint density at radius 2 is 1.85 bits per heavy atom. The van der Waals surface area contributed by atoms with E-state index in [-0.39, 0.29) is 0 Å². The van der Waals surface area contributed by atoms with Crippen LogP contribution in [-0.2, 0) is 6.42 Å². The summed E-state index contributed by atoms with van der Waals surface area (Å²) in [5, 5.41) is 7.25. The van der Waals surface area contributed by atoms with Gasteiger partial charge in [-0.3, -0.25) is 0 Å². The molecule has 0 aliphatic carbocycles. The van der Waals surface area contributed by atoms with E-state index in [0.29, 0.717) is 11.8 Å². The molecule has 1 atom stereocenters. The highest BCUT2D eigenvalue weighted by Crippen LogP contribution is 2.17. The highest BCUT2D eigenvalue weighted by atomic mass is 16.5. The van der Waals surface area contributed by atoms with Crippen molar-refractivity contribution in [1.82, 2.24) is 5.16 Å². The van der Waals surface area contributed by atoms with Crippen LogP contribution >= 0.6 is 0 Å². The van der Waals surface area contributed by atoms with E-state index in [1.165, 1.54) is 11.1 Å². The zero-order chi connectivity index (χ0) is 14.5. The van der Waals surface area contributed by atoms with Crippen LogP contribution < -0.4 is 5.32 Å². The molecule has 1 unspecified atom stereocenters. The molecule has 0 bridgehead atoms. The monoisotopic (exact) mass is 272 g/mol. The number of rotatable bonds is 6. The van der Waals surface area contributed by atoms with Gasteiger partial charge < -0.3 is 9.84 Å². The molecular formula is C17H24N2O. The van der Waals surface area contributed by atoms with Gasteiger partial charge in [-0.05, 0) is 36.3 Å². The molecule has 2 aromatic rings. The summed E-state index contributed by atoms with van der Waals surface area (Å²) in [6.45, 7) is 9.58. The number of aryl methyl sites for hydroxylation is 1. The van der Waals surface area contributed by atoms with Crippen molar-refractivity contribution < 1.29 is 4.52 Å². The third-order valence-electron chi connectivity index (χ3n) is 3.62. The van der Waals surface area contributed by atoms with E-state index in [0.717, 1.165) is 24.3 Å². The molecule has 0 fully saturated rings. The van der Waals surface area contributed by atoms with Gasteiger partial charge in [-0.2, -0.15) is 0 Å². The Hall–Kier alpha value is -1.77. The van der Waals surface area contributed by atoms with Gasteiger partial charge in [-0.1, -0.05) is 50.2 Å². The van der Waals surface area contributed by atoms with E-state index in [4.69, 9.17) is 4.52 Å². The van der Waals surface area contributed by atoms with E-state index < -0.39 is 0 Å². The fourth-order valence-electron chi connectivity index (χ4n) is 2.26. The molecule has 0 amide bonds. The van der Waals surface area contributed by atoms with Gasteiger partial charge in [-0.15, -0.1) is 0 Å². The molecule has 0 saturated heterocycles. The number of hydrogen-bond donors (Lipinski definition) is 1. The normalized spacial score (nSPS) is 12.7. The van der Waals surface area contributed by atoms with Crippen LogP contribution in [0.1, 0.15) is 43.5 Å². The average Bonchev–Trinajstić information content (AvgIpc) is 2.82. The van der Waals surface area contributed by atoms with Crippen molar-refractivity contribution in [3.8, 4) is 0 Å². The molecular weight excluding hydrogens is 248 g/mol. The Morgan fingerprint density at radius 1 is 1.15 bits per heavy atom. The van der Waals surface area contributed by atoms with Crippen LogP contribution in [0.2, 0.25) is 0 Å². The molecule has 3 heteroatoms. The summed E-state index contributed by atoms with van der Waals surface area (Å²) in [7, 11) is 0. The van der Waals surface area contributed by atoms with Gasteiger partial charge in [0.25, 0.3) is 0 Å². The second-order valence-electron chi connectivity index (χ2n) is 5.90. The zero-order valence-corrected chi connectivity index (χ0v) is 12.8. The van der Waals surface area contributed by atoms with Crippen LogP contribution in [0.4, 0.5) is 5.69 Å².